The van der Waals surface area contributed by atoms with Gasteiger partial charge in [-0.2, -0.15) is 0 Å². The second-order valence-corrected chi connectivity index (χ2v) is 7.04. The van der Waals surface area contributed by atoms with Gasteiger partial charge in [-0.3, -0.25) is 4.79 Å². The standard InChI is InChI=1S/C14H24N2O3/c1-10(17)15-8-14-5-11(6-14)7-16(9-14)12(18)19-13(2,3)4/h11H,5-9H2,1-4H3,(H,15,17). The van der Waals surface area contributed by atoms with Gasteiger partial charge in [-0.25, -0.2) is 4.79 Å². The lowest BCUT2D eigenvalue weighted by Crippen LogP contribution is -2.61. The van der Waals surface area contributed by atoms with Gasteiger partial charge in [0.1, 0.15) is 5.60 Å². The molecule has 19 heavy (non-hydrogen) atoms. The second kappa shape index (κ2) is 4.69. The van der Waals surface area contributed by atoms with E-state index in [4.69, 9.17) is 4.74 Å². The van der Waals surface area contributed by atoms with Crippen molar-refractivity contribution in [3.05, 3.63) is 0 Å². The van der Waals surface area contributed by atoms with Gasteiger partial charge in [0.05, 0.1) is 0 Å². The van der Waals surface area contributed by atoms with Crippen LogP contribution in [0.1, 0.15) is 40.5 Å². The Labute approximate surface area is 114 Å². The molecule has 2 saturated heterocycles. The average Bonchev–Trinajstić information content (AvgIpc) is 2.23. The van der Waals surface area contributed by atoms with Crippen LogP contribution >= 0.6 is 0 Å². The van der Waals surface area contributed by atoms with Gasteiger partial charge >= 0.3 is 6.09 Å². The van der Waals surface area contributed by atoms with Crippen molar-refractivity contribution < 1.29 is 14.3 Å². The molecule has 1 N–H and O–H groups in total. The van der Waals surface area contributed by atoms with Crippen LogP contribution in [-0.4, -0.2) is 42.1 Å². The Morgan fingerprint density at radius 2 is 2.00 bits per heavy atom. The van der Waals surface area contributed by atoms with Crippen LogP contribution < -0.4 is 5.32 Å². The van der Waals surface area contributed by atoms with Gasteiger partial charge in [-0.15, -0.1) is 0 Å². The largest absolute Gasteiger partial charge is 0.444 e. The van der Waals surface area contributed by atoms with E-state index in [2.05, 4.69) is 5.32 Å². The van der Waals surface area contributed by atoms with Crippen LogP contribution in [0.15, 0.2) is 0 Å². The van der Waals surface area contributed by atoms with E-state index in [9.17, 15) is 9.59 Å². The van der Waals surface area contributed by atoms with Crippen molar-refractivity contribution in [2.45, 2.75) is 46.1 Å². The summed E-state index contributed by atoms with van der Waals surface area (Å²) >= 11 is 0. The topological polar surface area (TPSA) is 58.6 Å². The maximum Gasteiger partial charge on any atom is 0.410 e. The molecule has 1 aliphatic carbocycles. The zero-order valence-corrected chi connectivity index (χ0v) is 12.3. The molecular weight excluding hydrogens is 244 g/mol. The fourth-order valence-corrected chi connectivity index (χ4v) is 3.18. The third-order valence-electron chi connectivity index (χ3n) is 3.81. The Balaban J connectivity index is 1.92. The van der Waals surface area contributed by atoms with Gasteiger partial charge in [0.2, 0.25) is 5.91 Å². The van der Waals surface area contributed by atoms with Gasteiger partial charge < -0.3 is 15.0 Å². The molecule has 0 atom stereocenters. The Bertz CT molecular complexity index is 381. The summed E-state index contributed by atoms with van der Waals surface area (Å²) in [6, 6.07) is 0. The SMILES string of the molecule is CC(=O)NCC12CC(CN(C(=O)OC(C)(C)C)C1)C2. The molecular formula is C14H24N2O3. The number of amides is 2. The third kappa shape index (κ3) is 3.39. The van der Waals surface area contributed by atoms with E-state index < -0.39 is 5.60 Å². The molecule has 0 spiro atoms. The minimum Gasteiger partial charge on any atom is -0.444 e. The molecule has 0 radical (unpaired) electrons. The maximum atomic E-state index is 12.1. The van der Waals surface area contributed by atoms with E-state index in [0.717, 1.165) is 19.4 Å². The second-order valence-electron chi connectivity index (χ2n) is 7.04. The highest BCUT2D eigenvalue weighted by Gasteiger charge is 2.51. The summed E-state index contributed by atoms with van der Waals surface area (Å²) in [5.41, 5.74) is -0.380. The van der Waals surface area contributed by atoms with Gasteiger partial charge in [0.25, 0.3) is 0 Å². The lowest BCUT2D eigenvalue weighted by Gasteiger charge is -2.56. The van der Waals surface area contributed by atoms with E-state index >= 15 is 0 Å². The highest BCUT2D eigenvalue weighted by Crippen LogP contribution is 2.50. The molecule has 2 amide bonds. The van der Waals surface area contributed by atoms with Crippen LogP contribution in [-0.2, 0) is 9.53 Å². The van der Waals surface area contributed by atoms with Crippen LogP contribution in [0.4, 0.5) is 4.79 Å². The first kappa shape index (κ1) is 14.2. The summed E-state index contributed by atoms with van der Waals surface area (Å²) in [4.78, 5) is 24.9. The fraction of sp³-hybridized carbons (Fsp3) is 0.857. The Morgan fingerprint density at radius 3 is 2.53 bits per heavy atom. The van der Waals surface area contributed by atoms with Crippen molar-refractivity contribution in [3.63, 3.8) is 0 Å². The van der Waals surface area contributed by atoms with E-state index in [-0.39, 0.29) is 17.4 Å². The third-order valence-corrected chi connectivity index (χ3v) is 3.81. The first-order chi connectivity index (χ1) is 8.69. The summed E-state index contributed by atoms with van der Waals surface area (Å²) in [6.45, 7) is 9.31. The number of nitrogens with one attached hydrogen (secondary N) is 1. The summed E-state index contributed by atoms with van der Waals surface area (Å²) in [5, 5.41) is 2.88. The summed E-state index contributed by atoms with van der Waals surface area (Å²) in [7, 11) is 0. The van der Waals surface area contributed by atoms with Crippen molar-refractivity contribution in [1.29, 1.82) is 0 Å². The number of ether oxygens (including phenoxy) is 1. The number of rotatable bonds is 2. The highest BCUT2D eigenvalue weighted by molar-refractivity contribution is 5.73. The lowest BCUT2D eigenvalue weighted by atomic mass is 9.59. The first-order valence-electron chi connectivity index (χ1n) is 6.92. The van der Waals surface area contributed by atoms with Crippen LogP contribution in [0.2, 0.25) is 0 Å². The van der Waals surface area contributed by atoms with Crippen molar-refractivity contribution >= 4 is 12.0 Å². The van der Waals surface area contributed by atoms with Gasteiger partial charge in [-0.05, 0) is 39.5 Å². The molecule has 108 valence electrons. The monoisotopic (exact) mass is 268 g/mol. The van der Waals surface area contributed by atoms with E-state index in [0.29, 0.717) is 19.0 Å². The molecule has 2 aliphatic heterocycles. The number of hydrogen-bond donors (Lipinski definition) is 1. The number of piperidine rings is 2. The van der Waals surface area contributed by atoms with E-state index in [1.165, 1.54) is 6.92 Å². The van der Waals surface area contributed by atoms with Crippen LogP contribution in [0.3, 0.4) is 0 Å². The molecule has 1 saturated carbocycles. The van der Waals surface area contributed by atoms with Crippen molar-refractivity contribution in [1.82, 2.24) is 10.2 Å². The number of nitrogens with zero attached hydrogens (tertiary/aromatic N) is 1. The molecule has 3 rings (SSSR count). The molecule has 5 heteroatoms. The lowest BCUT2D eigenvalue weighted by molar-refractivity contribution is -0.121. The van der Waals surface area contributed by atoms with Crippen LogP contribution in [0, 0.1) is 11.3 Å². The van der Waals surface area contributed by atoms with Gasteiger partial charge in [0, 0.05) is 32.0 Å². The number of carbonyl (C=O) groups is 2. The highest BCUT2D eigenvalue weighted by atomic mass is 16.6. The summed E-state index contributed by atoms with van der Waals surface area (Å²) < 4.78 is 5.42. The number of hydrogen-bond acceptors (Lipinski definition) is 3. The molecule has 0 aromatic rings. The van der Waals surface area contributed by atoms with Crippen LogP contribution in [0.25, 0.3) is 0 Å². The van der Waals surface area contributed by atoms with Crippen LogP contribution in [0.5, 0.6) is 0 Å². The molecule has 0 aromatic carbocycles. The van der Waals surface area contributed by atoms with Crippen molar-refractivity contribution in [3.8, 4) is 0 Å². The summed E-state index contributed by atoms with van der Waals surface area (Å²) in [6.07, 6.45) is 1.98. The Kier molecular flexibility index (Phi) is 3.49. The molecule has 3 aliphatic rings. The first-order valence-corrected chi connectivity index (χ1v) is 6.92. The van der Waals surface area contributed by atoms with Crippen molar-refractivity contribution in [2.24, 2.45) is 11.3 Å². The maximum absolute atomic E-state index is 12.1. The predicted octanol–water partition coefficient (Wildman–Crippen LogP) is 1.77. The number of fused-ring (bicyclic) bond motifs is 2. The Morgan fingerprint density at radius 1 is 1.37 bits per heavy atom. The van der Waals surface area contributed by atoms with Gasteiger partial charge in [0.15, 0.2) is 0 Å². The molecule has 0 unspecified atom stereocenters. The summed E-state index contributed by atoms with van der Waals surface area (Å²) in [5.74, 6) is 0.558. The molecule has 5 nitrogen and oxygen atoms in total. The fourth-order valence-electron chi connectivity index (χ4n) is 3.18. The smallest absolute Gasteiger partial charge is 0.410 e. The zero-order valence-electron chi connectivity index (χ0n) is 12.3. The predicted molar refractivity (Wildman–Crippen MR) is 71.6 cm³/mol. The molecule has 2 heterocycles. The normalized spacial score (nSPS) is 29.5. The number of carbonyl (C=O) groups excluding carboxylic acids is 2. The minimum atomic E-state index is -0.455. The Hall–Kier alpha value is -1.26. The quantitative estimate of drug-likeness (QED) is 0.830. The van der Waals surface area contributed by atoms with Gasteiger partial charge in [-0.1, -0.05) is 0 Å². The molecule has 3 fully saturated rings. The van der Waals surface area contributed by atoms with Crippen molar-refractivity contribution in [2.75, 3.05) is 19.6 Å². The van der Waals surface area contributed by atoms with E-state index in [1.807, 2.05) is 20.8 Å². The molecule has 2 bridgehead atoms. The zero-order chi connectivity index (χ0) is 14.3. The minimum absolute atomic E-state index is 0.00721. The average molecular weight is 268 g/mol. The molecule has 0 aromatic heterocycles. The van der Waals surface area contributed by atoms with E-state index in [1.54, 1.807) is 4.90 Å².